The zero-order valence-electron chi connectivity index (χ0n) is 13.4. The number of rotatable bonds is 4. The minimum atomic E-state index is -1.13. The second-order valence-electron chi connectivity index (χ2n) is 5.39. The number of fused-ring (bicyclic) bond motifs is 1. The van der Waals surface area contributed by atoms with Crippen molar-refractivity contribution < 1.29 is 9.32 Å². The molecule has 2 aromatic rings. The molecule has 0 radical (unpaired) electrons. The largest absolute Gasteiger partial charge is 0.494 e. The van der Waals surface area contributed by atoms with Crippen molar-refractivity contribution in [2.75, 3.05) is 6.26 Å². The van der Waals surface area contributed by atoms with Crippen LogP contribution in [0.25, 0.3) is 11.6 Å². The first kappa shape index (κ1) is 17.2. The lowest BCUT2D eigenvalue weighted by Crippen LogP contribution is -2.16. The molecule has 1 aliphatic heterocycles. The monoisotopic (exact) mass is 373 g/mol. The van der Waals surface area contributed by atoms with Gasteiger partial charge in [-0.2, -0.15) is 0 Å². The van der Waals surface area contributed by atoms with Crippen LogP contribution in [0.4, 0.5) is 5.69 Å². The number of aliphatic imine (C=N–C) groups is 1. The molecular formula is C17H15N3O3S2. The third kappa shape index (κ3) is 3.18. The topological polar surface area (TPSA) is 87.4 Å². The van der Waals surface area contributed by atoms with E-state index in [1.54, 1.807) is 42.8 Å². The smallest absolute Gasteiger partial charge is 0.262 e. The van der Waals surface area contributed by atoms with E-state index in [2.05, 4.69) is 16.6 Å². The van der Waals surface area contributed by atoms with Crippen molar-refractivity contribution in [3.05, 3.63) is 57.1 Å². The van der Waals surface area contributed by atoms with Gasteiger partial charge in [-0.15, -0.1) is 6.58 Å². The van der Waals surface area contributed by atoms with Crippen LogP contribution in [0.2, 0.25) is 0 Å². The van der Waals surface area contributed by atoms with Crippen molar-refractivity contribution in [3.63, 3.8) is 0 Å². The number of nitrogens with one attached hydrogen (secondary N) is 1. The van der Waals surface area contributed by atoms with Crippen LogP contribution < -0.4 is 5.56 Å². The predicted octanol–water partition coefficient (Wildman–Crippen LogP) is 2.79. The second-order valence-corrected chi connectivity index (χ2v) is 7.15. The molecule has 6 nitrogen and oxygen atoms in total. The Bertz CT molecular complexity index is 1080. The van der Waals surface area contributed by atoms with Crippen LogP contribution >= 0.6 is 12.2 Å². The Morgan fingerprint density at radius 3 is 2.92 bits per heavy atom. The molecule has 1 atom stereocenters. The first-order chi connectivity index (χ1) is 11.9. The van der Waals surface area contributed by atoms with Crippen molar-refractivity contribution in [1.82, 2.24) is 9.55 Å². The van der Waals surface area contributed by atoms with Crippen LogP contribution in [-0.4, -0.2) is 31.3 Å². The number of allylic oxidation sites excluding steroid dienone is 2. The van der Waals surface area contributed by atoms with E-state index in [9.17, 15) is 14.1 Å². The van der Waals surface area contributed by atoms with Gasteiger partial charge in [-0.05, 0) is 36.5 Å². The van der Waals surface area contributed by atoms with Crippen molar-refractivity contribution in [2.24, 2.45) is 4.99 Å². The molecular weight excluding hydrogens is 358 g/mol. The molecule has 1 aliphatic rings. The summed E-state index contributed by atoms with van der Waals surface area (Å²) in [6.45, 7) is 3.88. The third-order valence-electron chi connectivity index (χ3n) is 3.77. The second kappa shape index (κ2) is 6.73. The molecule has 2 heterocycles. The zero-order chi connectivity index (χ0) is 18.1. The number of hydrogen-bond donors (Lipinski definition) is 2. The highest BCUT2D eigenvalue weighted by molar-refractivity contribution is 7.84. The highest BCUT2D eigenvalue weighted by Crippen LogP contribution is 2.34. The van der Waals surface area contributed by atoms with E-state index in [0.717, 1.165) is 11.3 Å². The van der Waals surface area contributed by atoms with Crippen LogP contribution in [-0.2, 0) is 17.3 Å². The molecule has 8 heteroatoms. The van der Waals surface area contributed by atoms with E-state index in [1.165, 1.54) is 4.57 Å². The van der Waals surface area contributed by atoms with Crippen LogP contribution in [0.3, 0.4) is 0 Å². The molecule has 0 bridgehead atoms. The highest BCUT2D eigenvalue weighted by atomic mass is 32.2. The Labute approximate surface area is 151 Å². The van der Waals surface area contributed by atoms with Gasteiger partial charge in [0.1, 0.15) is 5.56 Å². The fourth-order valence-electron chi connectivity index (χ4n) is 2.52. The van der Waals surface area contributed by atoms with E-state index in [-0.39, 0.29) is 22.8 Å². The SMILES string of the molecule is C=CCn1c(O)c(C=C2C=Nc3ccc(S(C)=O)cc32)c(=O)[nH]c1=S. The maximum atomic E-state index is 12.2. The van der Waals surface area contributed by atoms with Gasteiger partial charge in [-0.25, -0.2) is 0 Å². The first-order valence-corrected chi connectivity index (χ1v) is 9.29. The maximum Gasteiger partial charge on any atom is 0.262 e. The molecule has 1 aromatic heterocycles. The molecule has 1 aromatic carbocycles. The number of aromatic hydroxyl groups is 1. The molecule has 0 saturated heterocycles. The Kier molecular flexibility index (Phi) is 4.65. The summed E-state index contributed by atoms with van der Waals surface area (Å²) in [6, 6.07) is 5.30. The summed E-state index contributed by atoms with van der Waals surface area (Å²) in [5.74, 6) is -0.238. The molecule has 25 heavy (non-hydrogen) atoms. The Hall–Kier alpha value is -2.58. The lowest BCUT2D eigenvalue weighted by molar-refractivity contribution is 0.413. The van der Waals surface area contributed by atoms with Crippen molar-refractivity contribution in [1.29, 1.82) is 0 Å². The molecule has 3 rings (SSSR count). The van der Waals surface area contributed by atoms with Gasteiger partial charge in [0, 0.05) is 45.8 Å². The Morgan fingerprint density at radius 1 is 1.48 bits per heavy atom. The van der Waals surface area contributed by atoms with Crippen LogP contribution in [0, 0.1) is 4.77 Å². The van der Waals surface area contributed by atoms with Crippen LogP contribution in [0.15, 0.2) is 45.5 Å². The number of benzene rings is 1. The highest BCUT2D eigenvalue weighted by Gasteiger charge is 2.17. The maximum absolute atomic E-state index is 12.2. The lowest BCUT2D eigenvalue weighted by atomic mass is 10.1. The van der Waals surface area contributed by atoms with Gasteiger partial charge in [-0.3, -0.25) is 23.5 Å². The number of aromatic nitrogens is 2. The minimum Gasteiger partial charge on any atom is -0.494 e. The van der Waals surface area contributed by atoms with Crippen LogP contribution in [0.1, 0.15) is 11.1 Å². The fraction of sp³-hybridized carbons (Fsp3) is 0.118. The molecule has 1 unspecified atom stereocenters. The normalized spacial score (nSPS) is 15.3. The van der Waals surface area contributed by atoms with Crippen molar-refractivity contribution >= 4 is 46.6 Å². The number of nitrogens with zero attached hydrogens (tertiary/aromatic N) is 2. The molecule has 128 valence electrons. The van der Waals surface area contributed by atoms with Crippen molar-refractivity contribution in [2.45, 2.75) is 11.4 Å². The van der Waals surface area contributed by atoms with Gasteiger partial charge >= 0.3 is 0 Å². The molecule has 0 amide bonds. The van der Waals surface area contributed by atoms with Gasteiger partial charge in [0.25, 0.3) is 5.56 Å². The number of H-pyrrole nitrogens is 1. The Balaban J connectivity index is 2.18. The fourth-order valence-corrected chi connectivity index (χ4v) is 3.32. The standard InChI is InChI=1S/C17H15N3O3S2/c1-3-6-20-16(22)13(15(21)19-17(20)24)7-10-9-18-14-5-4-11(25(2)23)8-12(10)14/h3-5,7-9,22H,1,6H2,2H3,(H,19,21,24). The summed E-state index contributed by atoms with van der Waals surface area (Å²) >= 11 is 5.06. The third-order valence-corrected chi connectivity index (χ3v) is 5.01. The van der Waals surface area contributed by atoms with Gasteiger partial charge < -0.3 is 5.11 Å². The predicted molar refractivity (Wildman–Crippen MR) is 103 cm³/mol. The van der Waals surface area contributed by atoms with Gasteiger partial charge in [0.05, 0.1) is 5.69 Å². The van der Waals surface area contributed by atoms with E-state index in [1.807, 2.05) is 0 Å². The Morgan fingerprint density at radius 2 is 2.24 bits per heavy atom. The van der Waals surface area contributed by atoms with E-state index in [4.69, 9.17) is 12.2 Å². The molecule has 0 saturated carbocycles. The summed E-state index contributed by atoms with van der Waals surface area (Å²) in [5, 5.41) is 10.4. The lowest BCUT2D eigenvalue weighted by Gasteiger charge is -2.09. The van der Waals surface area contributed by atoms with Gasteiger partial charge in [0.15, 0.2) is 4.77 Å². The van der Waals surface area contributed by atoms with E-state index < -0.39 is 16.4 Å². The molecule has 0 spiro atoms. The molecule has 2 N–H and O–H groups in total. The molecule has 0 fully saturated rings. The van der Waals surface area contributed by atoms with Crippen LogP contribution in [0.5, 0.6) is 5.88 Å². The summed E-state index contributed by atoms with van der Waals surface area (Å²) in [6.07, 6.45) is 6.31. The summed E-state index contributed by atoms with van der Waals surface area (Å²) in [5.41, 5.74) is 1.70. The quantitative estimate of drug-likeness (QED) is 0.637. The number of hydrogen-bond acceptors (Lipinski definition) is 5. The zero-order valence-corrected chi connectivity index (χ0v) is 15.0. The first-order valence-electron chi connectivity index (χ1n) is 7.33. The summed E-state index contributed by atoms with van der Waals surface area (Å²) in [4.78, 5) is 19.7. The summed E-state index contributed by atoms with van der Waals surface area (Å²) < 4.78 is 13.2. The average Bonchev–Trinajstić information content (AvgIpc) is 2.97. The van der Waals surface area contributed by atoms with E-state index in [0.29, 0.717) is 10.5 Å². The van der Waals surface area contributed by atoms with Crippen molar-refractivity contribution in [3.8, 4) is 5.88 Å². The van der Waals surface area contributed by atoms with E-state index >= 15 is 0 Å². The summed E-state index contributed by atoms with van der Waals surface area (Å²) in [7, 11) is -1.13. The molecule has 0 aliphatic carbocycles. The number of aromatic amines is 1. The van der Waals surface area contributed by atoms with Gasteiger partial charge in [0.2, 0.25) is 5.88 Å². The minimum absolute atomic E-state index is 0.0766. The average molecular weight is 373 g/mol. The van der Waals surface area contributed by atoms with Gasteiger partial charge in [-0.1, -0.05) is 6.08 Å².